The molecule has 0 amide bonds. The number of hydrogen-bond donors (Lipinski definition) is 1. The maximum Gasteiger partial charge on any atom is 0.147 e. The van der Waals surface area contributed by atoms with Crippen LogP contribution in [0.25, 0.3) is 0 Å². The third kappa shape index (κ3) is 4.54. The zero-order chi connectivity index (χ0) is 14.5. The van der Waals surface area contributed by atoms with Gasteiger partial charge in [0.15, 0.2) is 0 Å². The molecule has 0 aliphatic carbocycles. The molecule has 2 aromatic rings. The summed E-state index contributed by atoms with van der Waals surface area (Å²) in [5, 5.41) is 5.43. The van der Waals surface area contributed by atoms with E-state index in [1.165, 1.54) is 4.88 Å². The van der Waals surface area contributed by atoms with Crippen LogP contribution in [0.2, 0.25) is 0 Å². The predicted octanol–water partition coefficient (Wildman–Crippen LogP) is 3.44. The van der Waals surface area contributed by atoms with Crippen molar-refractivity contribution < 1.29 is 0 Å². The van der Waals surface area contributed by atoms with Gasteiger partial charge >= 0.3 is 0 Å². The molecule has 0 saturated heterocycles. The van der Waals surface area contributed by atoms with Crippen molar-refractivity contribution in [2.24, 2.45) is 0 Å². The zero-order valence-electron chi connectivity index (χ0n) is 11.9. The monoisotopic (exact) mass is 354 g/mol. The van der Waals surface area contributed by atoms with E-state index in [1.54, 1.807) is 11.3 Å². The van der Waals surface area contributed by atoms with Crippen molar-refractivity contribution in [3.8, 4) is 0 Å². The van der Waals surface area contributed by atoms with E-state index < -0.39 is 0 Å². The second kappa shape index (κ2) is 7.15. The minimum Gasteiger partial charge on any atom is -0.353 e. The molecule has 0 aliphatic heterocycles. The predicted molar refractivity (Wildman–Crippen MR) is 88.1 cm³/mol. The largest absolute Gasteiger partial charge is 0.353 e. The number of rotatable bonds is 6. The Bertz CT molecular complexity index is 538. The number of nitrogens with zero attached hydrogens (tertiary/aromatic N) is 3. The van der Waals surface area contributed by atoms with Crippen molar-refractivity contribution in [1.82, 2.24) is 15.3 Å². The Morgan fingerprint density at radius 3 is 2.70 bits per heavy atom. The molecule has 0 bridgehead atoms. The minimum atomic E-state index is 0.455. The fraction of sp³-hybridized carbons (Fsp3) is 0.429. The summed E-state index contributed by atoms with van der Waals surface area (Å²) in [6.45, 7) is 5.84. The van der Waals surface area contributed by atoms with Gasteiger partial charge in [0.1, 0.15) is 5.82 Å². The van der Waals surface area contributed by atoms with E-state index in [0.717, 1.165) is 29.1 Å². The lowest BCUT2D eigenvalue weighted by Gasteiger charge is -2.17. The first-order valence-corrected chi connectivity index (χ1v) is 8.20. The van der Waals surface area contributed by atoms with E-state index in [4.69, 9.17) is 0 Å². The lowest BCUT2D eigenvalue weighted by atomic mass is 10.3. The molecule has 0 saturated carbocycles. The van der Waals surface area contributed by atoms with Gasteiger partial charge in [-0.2, -0.15) is 0 Å². The van der Waals surface area contributed by atoms with Crippen LogP contribution in [0, 0.1) is 0 Å². The van der Waals surface area contributed by atoms with E-state index in [9.17, 15) is 0 Å². The molecule has 108 valence electrons. The number of nitrogens with one attached hydrogen (secondary N) is 1. The van der Waals surface area contributed by atoms with Gasteiger partial charge in [0.25, 0.3) is 0 Å². The normalized spacial score (nSPS) is 11.1. The molecule has 0 spiro atoms. The fourth-order valence-electron chi connectivity index (χ4n) is 1.70. The zero-order valence-corrected chi connectivity index (χ0v) is 14.3. The van der Waals surface area contributed by atoms with E-state index >= 15 is 0 Å². The maximum atomic E-state index is 4.48. The first kappa shape index (κ1) is 15.4. The highest BCUT2D eigenvalue weighted by Gasteiger charge is 2.06. The van der Waals surface area contributed by atoms with E-state index in [1.807, 2.05) is 19.4 Å². The maximum absolute atomic E-state index is 4.48. The second-order valence-corrected chi connectivity index (χ2v) is 6.90. The van der Waals surface area contributed by atoms with Crippen molar-refractivity contribution >= 4 is 33.1 Å². The van der Waals surface area contributed by atoms with E-state index in [2.05, 4.69) is 61.4 Å². The molecule has 0 aromatic carbocycles. The van der Waals surface area contributed by atoms with Gasteiger partial charge in [-0.05, 0) is 22.0 Å². The summed E-state index contributed by atoms with van der Waals surface area (Å²) in [6.07, 6.45) is 3.67. The molecule has 0 atom stereocenters. The number of hydrogen-bond acceptors (Lipinski definition) is 5. The van der Waals surface area contributed by atoms with Crippen LogP contribution >= 0.6 is 27.3 Å². The van der Waals surface area contributed by atoms with Gasteiger partial charge in [-0.15, -0.1) is 11.3 Å². The van der Waals surface area contributed by atoms with Crippen LogP contribution in [0.15, 0.2) is 28.3 Å². The van der Waals surface area contributed by atoms with Gasteiger partial charge in [0.2, 0.25) is 0 Å². The molecule has 2 rings (SSSR count). The molecule has 0 unspecified atom stereocenters. The number of thiophene rings is 1. The van der Waals surface area contributed by atoms with Gasteiger partial charge < -0.3 is 10.2 Å². The van der Waals surface area contributed by atoms with E-state index in [-0.39, 0.29) is 0 Å². The number of halogens is 1. The first-order valence-electron chi connectivity index (χ1n) is 6.53. The average molecular weight is 355 g/mol. The highest BCUT2D eigenvalue weighted by atomic mass is 79.9. The van der Waals surface area contributed by atoms with Crippen molar-refractivity contribution in [2.75, 3.05) is 11.9 Å². The van der Waals surface area contributed by atoms with Crippen LogP contribution < -0.4 is 10.2 Å². The van der Waals surface area contributed by atoms with Crippen LogP contribution in [-0.2, 0) is 13.1 Å². The average Bonchev–Trinajstić information content (AvgIpc) is 2.82. The van der Waals surface area contributed by atoms with Crippen molar-refractivity contribution in [3.63, 3.8) is 0 Å². The Labute approximate surface area is 132 Å². The lowest BCUT2D eigenvalue weighted by Crippen LogP contribution is -2.23. The standard InChI is InChI=1S/C14H19BrN4S/c1-10(2)16-5-12-6-18-14(7-17-12)19(3)8-13-4-11(15)9-20-13/h4,6-7,9-10,16H,5,8H2,1-3H3. The third-order valence-corrected chi connectivity index (χ3v) is 4.47. The van der Waals surface area contributed by atoms with Gasteiger partial charge in [-0.3, -0.25) is 4.98 Å². The molecule has 20 heavy (non-hydrogen) atoms. The summed E-state index contributed by atoms with van der Waals surface area (Å²) < 4.78 is 1.13. The van der Waals surface area contributed by atoms with Crippen molar-refractivity contribution in [2.45, 2.75) is 33.0 Å². The molecule has 0 radical (unpaired) electrons. The summed E-state index contributed by atoms with van der Waals surface area (Å²) in [4.78, 5) is 12.3. The molecule has 6 heteroatoms. The number of aromatic nitrogens is 2. The van der Waals surface area contributed by atoms with Crippen LogP contribution in [0.5, 0.6) is 0 Å². The topological polar surface area (TPSA) is 41.1 Å². The molecule has 4 nitrogen and oxygen atoms in total. The van der Waals surface area contributed by atoms with Crippen molar-refractivity contribution in [3.05, 3.63) is 38.9 Å². The Morgan fingerprint density at radius 2 is 2.15 bits per heavy atom. The SMILES string of the molecule is CC(C)NCc1cnc(N(C)Cc2cc(Br)cs2)cn1. The van der Waals surface area contributed by atoms with Crippen molar-refractivity contribution in [1.29, 1.82) is 0 Å². The quantitative estimate of drug-likeness (QED) is 0.862. The molecule has 2 aromatic heterocycles. The van der Waals surface area contributed by atoms with Gasteiger partial charge in [-0.25, -0.2) is 4.98 Å². The smallest absolute Gasteiger partial charge is 0.147 e. The Kier molecular flexibility index (Phi) is 5.51. The van der Waals surface area contributed by atoms with Gasteiger partial charge in [0, 0.05) is 34.4 Å². The Morgan fingerprint density at radius 1 is 1.35 bits per heavy atom. The summed E-state index contributed by atoms with van der Waals surface area (Å²) in [5.74, 6) is 0.891. The fourth-order valence-corrected chi connectivity index (χ4v) is 3.20. The van der Waals surface area contributed by atoms with Crippen LogP contribution in [0.4, 0.5) is 5.82 Å². The molecule has 0 aliphatic rings. The third-order valence-electron chi connectivity index (χ3n) is 2.79. The van der Waals surface area contributed by atoms with Gasteiger partial charge in [0.05, 0.1) is 24.6 Å². The van der Waals surface area contributed by atoms with Crippen LogP contribution in [-0.4, -0.2) is 23.1 Å². The van der Waals surface area contributed by atoms with E-state index in [0.29, 0.717) is 6.04 Å². The number of anilines is 1. The second-order valence-electron chi connectivity index (χ2n) is 4.99. The summed E-state index contributed by atoms with van der Waals surface area (Å²) in [5.41, 5.74) is 0.967. The highest BCUT2D eigenvalue weighted by Crippen LogP contribution is 2.22. The summed E-state index contributed by atoms with van der Waals surface area (Å²) in [7, 11) is 2.03. The van der Waals surface area contributed by atoms with Crippen LogP contribution in [0.1, 0.15) is 24.4 Å². The van der Waals surface area contributed by atoms with Crippen LogP contribution in [0.3, 0.4) is 0 Å². The molecular formula is C14H19BrN4S. The summed E-state index contributed by atoms with van der Waals surface area (Å²) in [6, 6.07) is 2.59. The molecule has 1 N–H and O–H groups in total. The lowest BCUT2D eigenvalue weighted by molar-refractivity contribution is 0.580. The molecule has 2 heterocycles. The Balaban J connectivity index is 1.94. The minimum absolute atomic E-state index is 0.455. The van der Waals surface area contributed by atoms with Gasteiger partial charge in [-0.1, -0.05) is 13.8 Å². The highest BCUT2D eigenvalue weighted by molar-refractivity contribution is 9.10. The first-order chi connectivity index (χ1) is 9.54. The summed E-state index contributed by atoms with van der Waals surface area (Å²) >= 11 is 5.21. The molecular weight excluding hydrogens is 336 g/mol. The Hall–Kier alpha value is -0.980. The molecule has 0 fully saturated rings.